The number of rotatable bonds is 5. The van der Waals surface area contributed by atoms with Gasteiger partial charge in [-0.15, -0.1) is 0 Å². The smallest absolute Gasteiger partial charge is 0.416 e. The molecule has 2 aromatic rings. The van der Waals surface area contributed by atoms with Crippen LogP contribution in [0, 0.1) is 18.7 Å². The number of methoxy groups -OCH3 is 2. The summed E-state index contributed by atoms with van der Waals surface area (Å²) in [6, 6.07) is 4.36. The van der Waals surface area contributed by atoms with E-state index in [1.54, 1.807) is 6.92 Å². The maximum absolute atomic E-state index is 14.3. The molecule has 2 aliphatic rings. The highest BCUT2D eigenvalue weighted by molar-refractivity contribution is 5.99. The van der Waals surface area contributed by atoms with E-state index in [1.807, 2.05) is 0 Å². The molecule has 2 N–H and O–H groups in total. The highest BCUT2D eigenvalue weighted by Crippen LogP contribution is 2.48. The summed E-state index contributed by atoms with van der Waals surface area (Å²) < 4.78 is 106. The Morgan fingerprint density at radius 1 is 1.02 bits per heavy atom. The van der Waals surface area contributed by atoms with E-state index in [9.17, 15) is 40.3 Å². The van der Waals surface area contributed by atoms with Gasteiger partial charge in [0, 0.05) is 12.5 Å². The van der Waals surface area contributed by atoms with Gasteiger partial charge in [0.1, 0.15) is 11.7 Å². The van der Waals surface area contributed by atoms with E-state index in [4.69, 9.17) is 20.2 Å². The molecule has 1 saturated heterocycles. The number of alkyl halides is 6. The summed E-state index contributed by atoms with van der Waals surface area (Å²) in [7, 11) is 2.60. The average molecular weight is 646 g/mol. The summed E-state index contributed by atoms with van der Waals surface area (Å²) in [6.45, 7) is 4.22. The van der Waals surface area contributed by atoms with Crippen LogP contribution >= 0.6 is 0 Å². The lowest BCUT2D eigenvalue weighted by atomic mass is 9.75. The number of hydrogen-bond donors (Lipinski definition) is 1. The van der Waals surface area contributed by atoms with Gasteiger partial charge in [-0.1, -0.05) is 13.0 Å². The Morgan fingerprint density at radius 2 is 1.62 bits per heavy atom. The van der Waals surface area contributed by atoms with Crippen molar-refractivity contribution in [2.75, 3.05) is 20.8 Å². The number of hydrogen-bond acceptors (Lipinski definition) is 6. The SMILES string of the molecule is COC(=O)C1C[C@@]2(CCN(C(=O)C(C)(N)[C@H](C)c3cc(C(F)(F)F)cc(C(F)(F)F)c3)[C@@H](c3ccc(F)cc3C)C2)N=C1OC. The normalized spacial score (nSPS) is 24.2. The maximum atomic E-state index is 14.3. The van der Waals surface area contributed by atoms with E-state index in [0.29, 0.717) is 23.3 Å². The molecule has 0 radical (unpaired) electrons. The van der Waals surface area contributed by atoms with Crippen molar-refractivity contribution in [3.05, 3.63) is 70.0 Å². The van der Waals surface area contributed by atoms with Crippen LogP contribution in [-0.2, 0) is 31.4 Å². The second kappa shape index (κ2) is 11.9. The molecule has 0 aromatic heterocycles. The number of halogens is 7. The molecule has 0 aliphatic carbocycles. The summed E-state index contributed by atoms with van der Waals surface area (Å²) in [5.74, 6) is -3.73. The zero-order valence-corrected chi connectivity index (χ0v) is 25.3. The first-order chi connectivity index (χ1) is 20.7. The maximum Gasteiger partial charge on any atom is 0.416 e. The number of piperidine rings is 1. The van der Waals surface area contributed by atoms with Crippen LogP contribution in [0.25, 0.3) is 0 Å². The highest BCUT2D eigenvalue weighted by atomic mass is 19.4. The summed E-state index contributed by atoms with van der Waals surface area (Å²) in [5.41, 5.74) is 1.26. The van der Waals surface area contributed by atoms with Crippen molar-refractivity contribution >= 4 is 17.8 Å². The number of ether oxygens (including phenoxy) is 2. The second-order valence-corrected chi connectivity index (χ2v) is 12.0. The Hall–Kier alpha value is -3.68. The van der Waals surface area contributed by atoms with Crippen LogP contribution in [0.15, 0.2) is 41.4 Å². The predicted molar refractivity (Wildman–Crippen MR) is 150 cm³/mol. The van der Waals surface area contributed by atoms with Crippen LogP contribution in [0.3, 0.4) is 0 Å². The molecule has 2 aliphatic heterocycles. The number of nitrogens with two attached hydrogens (primary N) is 1. The first-order valence-corrected chi connectivity index (χ1v) is 14.1. The van der Waals surface area contributed by atoms with Gasteiger partial charge >= 0.3 is 18.3 Å². The van der Waals surface area contributed by atoms with Gasteiger partial charge < -0.3 is 20.1 Å². The van der Waals surface area contributed by atoms with Crippen LogP contribution in [0.5, 0.6) is 0 Å². The number of benzene rings is 2. The Labute approximate surface area is 255 Å². The van der Waals surface area contributed by atoms with Gasteiger partial charge in [-0.25, -0.2) is 9.38 Å². The van der Waals surface area contributed by atoms with Gasteiger partial charge in [-0.2, -0.15) is 26.3 Å². The van der Waals surface area contributed by atoms with Crippen molar-refractivity contribution in [2.24, 2.45) is 16.6 Å². The minimum absolute atomic E-state index is 0.0152. The van der Waals surface area contributed by atoms with Gasteiger partial charge in [0.25, 0.3) is 0 Å². The zero-order valence-electron chi connectivity index (χ0n) is 25.3. The van der Waals surface area contributed by atoms with Crippen molar-refractivity contribution in [1.29, 1.82) is 0 Å². The molecule has 45 heavy (non-hydrogen) atoms. The topological polar surface area (TPSA) is 94.2 Å². The molecular formula is C31H34F7N3O4. The fourth-order valence-electron chi connectivity index (χ4n) is 6.29. The van der Waals surface area contributed by atoms with E-state index >= 15 is 0 Å². The Bertz CT molecular complexity index is 1470. The fourth-order valence-corrected chi connectivity index (χ4v) is 6.29. The summed E-state index contributed by atoms with van der Waals surface area (Å²) in [5, 5.41) is 0. The quantitative estimate of drug-likeness (QED) is 0.303. The monoisotopic (exact) mass is 645 g/mol. The number of aliphatic imine (C=N–C) groups is 1. The zero-order chi connectivity index (χ0) is 33.7. The first-order valence-electron chi connectivity index (χ1n) is 14.1. The number of esters is 1. The molecule has 1 amide bonds. The lowest BCUT2D eigenvalue weighted by Crippen LogP contribution is -2.59. The number of carbonyl (C=O) groups excluding carboxylic acids is 2. The standard InChI is InChI=1S/C31H34F7N3O4/c1-16-10-21(32)6-7-22(16)24-15-29(14-23(26(42)45-5)25(40-29)44-4)8-9-41(24)27(43)28(3,39)17(2)18-11-19(30(33,34)35)13-20(12-18)31(36,37)38/h6-7,10-13,17,23-24H,8-9,14-15,39H2,1-5H3/t17-,23?,24-,28?,29-/m1/s1. The molecule has 7 nitrogen and oxygen atoms in total. The van der Waals surface area contributed by atoms with Gasteiger partial charge in [0.15, 0.2) is 5.90 Å². The van der Waals surface area contributed by atoms with Crippen molar-refractivity contribution in [3.8, 4) is 0 Å². The molecule has 0 bridgehead atoms. The molecular weight excluding hydrogens is 611 g/mol. The van der Waals surface area contributed by atoms with E-state index in [0.717, 1.165) is 0 Å². The Balaban J connectivity index is 1.75. The lowest BCUT2D eigenvalue weighted by Gasteiger charge is -2.47. The molecule has 4 rings (SSSR count). The average Bonchev–Trinajstić information content (AvgIpc) is 3.32. The Morgan fingerprint density at radius 3 is 2.13 bits per heavy atom. The van der Waals surface area contributed by atoms with Gasteiger partial charge in [0.2, 0.25) is 5.91 Å². The van der Waals surface area contributed by atoms with Crippen LogP contribution in [0.4, 0.5) is 30.7 Å². The van der Waals surface area contributed by atoms with E-state index in [-0.39, 0.29) is 37.8 Å². The third-order valence-corrected chi connectivity index (χ3v) is 9.01. The minimum atomic E-state index is -5.08. The minimum Gasteiger partial charge on any atom is -0.484 e. The number of nitrogens with zero attached hydrogens (tertiary/aromatic N) is 2. The summed E-state index contributed by atoms with van der Waals surface area (Å²) >= 11 is 0. The molecule has 2 unspecified atom stereocenters. The molecule has 1 spiro atoms. The van der Waals surface area contributed by atoms with Crippen LogP contribution in [0.1, 0.15) is 72.9 Å². The third-order valence-electron chi connectivity index (χ3n) is 9.01. The van der Waals surface area contributed by atoms with E-state index in [1.165, 1.54) is 51.2 Å². The van der Waals surface area contributed by atoms with Crippen molar-refractivity contribution in [2.45, 2.75) is 75.4 Å². The number of likely N-dealkylation sites (tertiary alicyclic amines) is 1. The molecule has 246 valence electrons. The molecule has 1 fully saturated rings. The summed E-state index contributed by atoms with van der Waals surface area (Å²) in [4.78, 5) is 32.9. The van der Waals surface area contributed by atoms with Crippen LogP contribution in [0.2, 0.25) is 0 Å². The van der Waals surface area contributed by atoms with Crippen molar-refractivity contribution in [3.63, 3.8) is 0 Å². The van der Waals surface area contributed by atoms with E-state index in [2.05, 4.69) is 0 Å². The van der Waals surface area contributed by atoms with Crippen LogP contribution in [-0.4, -0.2) is 54.5 Å². The molecule has 14 heteroatoms. The highest BCUT2D eigenvalue weighted by Gasteiger charge is 2.52. The van der Waals surface area contributed by atoms with Gasteiger partial charge in [0.05, 0.1) is 42.5 Å². The number of aryl methyl sites for hydroxylation is 1. The fraction of sp³-hybridized carbons (Fsp3) is 0.516. The molecule has 2 heterocycles. The predicted octanol–water partition coefficient (Wildman–Crippen LogP) is 6.33. The molecule has 0 saturated carbocycles. The Kier molecular flexibility index (Phi) is 9.06. The number of carbonyl (C=O) groups is 2. The summed E-state index contributed by atoms with van der Waals surface area (Å²) in [6.07, 6.45) is -9.56. The second-order valence-electron chi connectivity index (χ2n) is 12.0. The largest absolute Gasteiger partial charge is 0.484 e. The van der Waals surface area contributed by atoms with Crippen molar-refractivity contribution < 1.29 is 49.8 Å². The molecule has 5 atom stereocenters. The van der Waals surface area contributed by atoms with Crippen molar-refractivity contribution in [1.82, 2.24) is 4.90 Å². The third kappa shape index (κ3) is 6.66. The van der Waals surface area contributed by atoms with Gasteiger partial charge in [-0.05, 0) is 80.1 Å². The van der Waals surface area contributed by atoms with Crippen LogP contribution < -0.4 is 5.73 Å². The van der Waals surface area contributed by atoms with E-state index < -0.39 is 75.7 Å². The number of amides is 1. The molecule has 2 aromatic carbocycles. The van der Waals surface area contributed by atoms with Gasteiger partial charge in [-0.3, -0.25) is 9.59 Å². The lowest BCUT2D eigenvalue weighted by molar-refractivity contribution is -0.145. The first kappa shape index (κ1) is 34.2.